The lowest BCUT2D eigenvalue weighted by atomic mass is 10.2. The molecule has 5 nitrogen and oxygen atoms in total. The van der Waals surface area contributed by atoms with Crippen LogP contribution in [0.5, 0.6) is 5.75 Å². The highest BCUT2D eigenvalue weighted by molar-refractivity contribution is 5.73. The van der Waals surface area contributed by atoms with Crippen LogP contribution < -0.4 is 10.1 Å². The van der Waals surface area contributed by atoms with Crippen molar-refractivity contribution in [2.24, 2.45) is 0 Å². The van der Waals surface area contributed by atoms with Gasteiger partial charge >= 0.3 is 5.97 Å². The van der Waals surface area contributed by atoms with E-state index in [0.29, 0.717) is 12.4 Å². The molecule has 0 heterocycles. The topological polar surface area (TPSA) is 67.8 Å². The maximum absolute atomic E-state index is 10.8. The summed E-state index contributed by atoms with van der Waals surface area (Å²) in [5, 5.41) is 11.5. The molecule has 0 fully saturated rings. The van der Waals surface area contributed by atoms with E-state index in [2.05, 4.69) is 5.32 Å². The zero-order valence-corrected chi connectivity index (χ0v) is 9.97. The van der Waals surface area contributed by atoms with Crippen LogP contribution in [0.15, 0.2) is 24.3 Å². The van der Waals surface area contributed by atoms with Gasteiger partial charge in [-0.1, -0.05) is 12.1 Å². The number of methoxy groups -OCH3 is 1. The molecule has 94 valence electrons. The zero-order valence-electron chi connectivity index (χ0n) is 9.97. The third kappa shape index (κ3) is 4.42. The van der Waals surface area contributed by atoms with Gasteiger partial charge in [-0.2, -0.15) is 0 Å². The van der Waals surface area contributed by atoms with Crippen LogP contribution in [0.2, 0.25) is 0 Å². The minimum Gasteiger partial charge on any atom is -0.491 e. The van der Waals surface area contributed by atoms with Crippen LogP contribution in [-0.4, -0.2) is 37.9 Å². The molecule has 1 unspecified atom stereocenters. The van der Waals surface area contributed by atoms with Crippen molar-refractivity contribution in [1.29, 1.82) is 0 Å². The summed E-state index contributed by atoms with van der Waals surface area (Å²) in [5.74, 6) is -0.290. The van der Waals surface area contributed by atoms with E-state index in [0.717, 1.165) is 5.56 Å². The van der Waals surface area contributed by atoms with Crippen LogP contribution >= 0.6 is 0 Å². The number of hydrogen-bond acceptors (Lipinski definition) is 4. The van der Waals surface area contributed by atoms with Crippen molar-refractivity contribution >= 4 is 5.97 Å². The van der Waals surface area contributed by atoms with Gasteiger partial charge in [-0.3, -0.25) is 4.79 Å². The molecule has 1 aromatic carbocycles. The fourth-order valence-corrected chi connectivity index (χ4v) is 1.35. The van der Waals surface area contributed by atoms with Gasteiger partial charge in [0.15, 0.2) is 0 Å². The summed E-state index contributed by atoms with van der Waals surface area (Å²) >= 11 is 0. The number of carboxylic acid groups (broad SMARTS) is 1. The molecular formula is C12H17NO4. The van der Waals surface area contributed by atoms with E-state index in [1.807, 2.05) is 18.2 Å². The summed E-state index contributed by atoms with van der Waals surface area (Å²) in [7, 11) is 3.21. The number of hydrogen-bond donors (Lipinski definition) is 2. The maximum Gasteiger partial charge on any atom is 0.324 e. The standard InChI is InChI=1S/C12H17NO4/c1-13-11(12(14)15)8-17-10-5-3-4-9(6-10)7-16-2/h3-6,11,13H,7-8H2,1-2H3,(H,14,15). The molecular weight excluding hydrogens is 222 g/mol. The highest BCUT2D eigenvalue weighted by atomic mass is 16.5. The first-order valence-corrected chi connectivity index (χ1v) is 5.28. The van der Waals surface area contributed by atoms with Gasteiger partial charge in [-0.05, 0) is 24.7 Å². The number of carboxylic acids is 1. The van der Waals surface area contributed by atoms with Crippen LogP contribution in [0.3, 0.4) is 0 Å². The van der Waals surface area contributed by atoms with Crippen LogP contribution in [-0.2, 0) is 16.1 Å². The van der Waals surface area contributed by atoms with Crippen molar-refractivity contribution in [2.45, 2.75) is 12.6 Å². The van der Waals surface area contributed by atoms with E-state index in [1.165, 1.54) is 0 Å². The molecule has 0 aromatic heterocycles. The Labute approximate surface area is 100 Å². The number of nitrogens with one attached hydrogen (secondary N) is 1. The van der Waals surface area contributed by atoms with Crippen LogP contribution in [0.25, 0.3) is 0 Å². The Hall–Kier alpha value is -1.59. The number of likely N-dealkylation sites (N-methyl/N-ethyl adjacent to an activating group) is 1. The fourth-order valence-electron chi connectivity index (χ4n) is 1.35. The van der Waals surface area contributed by atoms with Crippen molar-refractivity contribution in [3.63, 3.8) is 0 Å². The number of rotatable bonds is 7. The van der Waals surface area contributed by atoms with Gasteiger partial charge in [-0.25, -0.2) is 0 Å². The number of aliphatic carboxylic acids is 1. The van der Waals surface area contributed by atoms with E-state index >= 15 is 0 Å². The molecule has 0 aliphatic heterocycles. The Morgan fingerprint density at radius 1 is 1.53 bits per heavy atom. The smallest absolute Gasteiger partial charge is 0.324 e. The summed E-state index contributed by atoms with van der Waals surface area (Å²) in [6.45, 7) is 0.591. The van der Waals surface area contributed by atoms with Gasteiger partial charge in [0, 0.05) is 7.11 Å². The zero-order chi connectivity index (χ0) is 12.7. The average molecular weight is 239 g/mol. The van der Waals surface area contributed by atoms with E-state index in [9.17, 15) is 4.79 Å². The minimum absolute atomic E-state index is 0.0856. The summed E-state index contributed by atoms with van der Waals surface area (Å²) in [6, 6.07) is 6.68. The highest BCUT2D eigenvalue weighted by Gasteiger charge is 2.15. The first-order valence-electron chi connectivity index (χ1n) is 5.28. The molecule has 0 spiro atoms. The highest BCUT2D eigenvalue weighted by Crippen LogP contribution is 2.14. The summed E-state index contributed by atoms with van der Waals surface area (Å²) in [4.78, 5) is 10.8. The van der Waals surface area contributed by atoms with Crippen molar-refractivity contribution in [1.82, 2.24) is 5.32 Å². The third-order valence-corrected chi connectivity index (χ3v) is 2.27. The van der Waals surface area contributed by atoms with E-state index in [4.69, 9.17) is 14.6 Å². The van der Waals surface area contributed by atoms with Crippen molar-refractivity contribution in [2.75, 3.05) is 20.8 Å². The molecule has 0 saturated carbocycles. The summed E-state index contributed by atoms with van der Waals surface area (Å²) < 4.78 is 10.4. The molecule has 0 radical (unpaired) electrons. The molecule has 5 heteroatoms. The van der Waals surface area contributed by atoms with Crippen LogP contribution in [0, 0.1) is 0 Å². The van der Waals surface area contributed by atoms with Gasteiger partial charge in [-0.15, -0.1) is 0 Å². The Bertz CT molecular complexity index is 367. The number of benzene rings is 1. The van der Waals surface area contributed by atoms with Gasteiger partial charge < -0.3 is 19.9 Å². The number of ether oxygens (including phenoxy) is 2. The molecule has 0 aliphatic carbocycles. The molecule has 17 heavy (non-hydrogen) atoms. The van der Waals surface area contributed by atoms with Crippen molar-refractivity contribution < 1.29 is 19.4 Å². The van der Waals surface area contributed by atoms with E-state index < -0.39 is 12.0 Å². The summed E-state index contributed by atoms with van der Waals surface area (Å²) in [5.41, 5.74) is 0.987. The van der Waals surface area contributed by atoms with Crippen LogP contribution in [0.4, 0.5) is 0 Å². The summed E-state index contributed by atoms with van der Waals surface area (Å²) in [6.07, 6.45) is 0. The molecule has 0 aliphatic rings. The van der Waals surface area contributed by atoms with Crippen molar-refractivity contribution in [3.8, 4) is 5.75 Å². The van der Waals surface area contributed by atoms with Gasteiger partial charge in [0.25, 0.3) is 0 Å². The molecule has 1 aromatic rings. The largest absolute Gasteiger partial charge is 0.491 e. The lowest BCUT2D eigenvalue weighted by Crippen LogP contribution is -2.39. The van der Waals surface area contributed by atoms with Gasteiger partial charge in [0.2, 0.25) is 0 Å². The first kappa shape index (κ1) is 13.5. The van der Waals surface area contributed by atoms with Crippen LogP contribution in [0.1, 0.15) is 5.56 Å². The fraction of sp³-hybridized carbons (Fsp3) is 0.417. The molecule has 0 saturated heterocycles. The Morgan fingerprint density at radius 2 is 2.29 bits per heavy atom. The molecule has 1 rings (SSSR count). The Kier molecular flexibility index (Phi) is 5.45. The maximum atomic E-state index is 10.8. The normalized spacial score (nSPS) is 12.1. The molecule has 0 bridgehead atoms. The molecule has 2 N–H and O–H groups in total. The Morgan fingerprint density at radius 3 is 2.88 bits per heavy atom. The molecule has 0 amide bonds. The predicted molar refractivity (Wildman–Crippen MR) is 63.1 cm³/mol. The molecule has 1 atom stereocenters. The average Bonchev–Trinajstić information content (AvgIpc) is 2.30. The van der Waals surface area contributed by atoms with Gasteiger partial charge in [0.1, 0.15) is 18.4 Å². The predicted octanol–water partition coefficient (Wildman–Crippen LogP) is 0.884. The minimum atomic E-state index is -0.930. The number of carbonyl (C=O) groups is 1. The SMILES string of the molecule is CNC(COc1cccc(COC)c1)C(=O)O. The lowest BCUT2D eigenvalue weighted by molar-refractivity contribution is -0.140. The van der Waals surface area contributed by atoms with Gasteiger partial charge in [0.05, 0.1) is 6.61 Å². The second-order valence-electron chi connectivity index (χ2n) is 3.57. The quantitative estimate of drug-likeness (QED) is 0.739. The second-order valence-corrected chi connectivity index (χ2v) is 3.57. The van der Waals surface area contributed by atoms with Crippen molar-refractivity contribution in [3.05, 3.63) is 29.8 Å². The third-order valence-electron chi connectivity index (χ3n) is 2.27. The Balaban J connectivity index is 2.56. The lowest BCUT2D eigenvalue weighted by Gasteiger charge is -2.13. The second kappa shape index (κ2) is 6.88. The monoisotopic (exact) mass is 239 g/mol. The van der Waals surface area contributed by atoms with E-state index in [1.54, 1.807) is 20.2 Å². The van der Waals surface area contributed by atoms with E-state index in [-0.39, 0.29) is 6.61 Å². The first-order chi connectivity index (χ1) is 8.17.